The fraction of sp³-hybridized carbons (Fsp3) is 0.391. The van der Waals surface area contributed by atoms with Crippen LogP contribution in [0.2, 0.25) is 5.02 Å². The topological polar surface area (TPSA) is 96.9 Å². The fourth-order valence-corrected chi connectivity index (χ4v) is 2.84. The van der Waals surface area contributed by atoms with E-state index in [2.05, 4.69) is 10.6 Å². The van der Waals surface area contributed by atoms with Crippen LogP contribution >= 0.6 is 11.6 Å². The van der Waals surface area contributed by atoms with E-state index in [9.17, 15) is 14.7 Å². The van der Waals surface area contributed by atoms with Crippen molar-refractivity contribution in [3.63, 3.8) is 0 Å². The second kappa shape index (κ2) is 11.1. The first kappa shape index (κ1) is 24.7. The van der Waals surface area contributed by atoms with Crippen molar-refractivity contribution in [2.75, 3.05) is 25.1 Å². The zero-order chi connectivity index (χ0) is 23.0. The lowest BCUT2D eigenvalue weighted by Crippen LogP contribution is -2.42. The molecule has 0 spiro atoms. The molecule has 3 N–H and O–H groups in total. The molecule has 2 aromatic carbocycles. The molecular weight excluding hydrogens is 420 g/mol. The fourth-order valence-electron chi connectivity index (χ4n) is 2.61. The first-order valence-corrected chi connectivity index (χ1v) is 10.4. The summed E-state index contributed by atoms with van der Waals surface area (Å²) < 4.78 is 10.8. The normalized spacial score (nSPS) is 12.2. The Labute approximate surface area is 187 Å². The minimum Gasteiger partial charge on any atom is -0.490 e. The molecule has 0 aliphatic carbocycles. The van der Waals surface area contributed by atoms with Crippen LogP contribution in [0, 0.1) is 0 Å². The van der Waals surface area contributed by atoms with Gasteiger partial charge in [-0.25, -0.2) is 4.79 Å². The first-order valence-electron chi connectivity index (χ1n) is 10.0. The van der Waals surface area contributed by atoms with Crippen LogP contribution in [-0.4, -0.2) is 48.4 Å². The number of aliphatic hydroxyl groups is 1. The number of anilines is 1. The van der Waals surface area contributed by atoms with Crippen molar-refractivity contribution in [1.29, 1.82) is 0 Å². The zero-order valence-corrected chi connectivity index (χ0v) is 19.0. The molecule has 7 nitrogen and oxygen atoms in total. The molecule has 2 aromatic rings. The second-order valence-electron chi connectivity index (χ2n) is 7.96. The molecule has 0 heterocycles. The van der Waals surface area contributed by atoms with E-state index in [1.807, 2.05) is 20.8 Å². The summed E-state index contributed by atoms with van der Waals surface area (Å²) in [5, 5.41) is 16.4. The Bertz CT molecular complexity index is 911. The Morgan fingerprint density at radius 1 is 1.13 bits per heavy atom. The van der Waals surface area contributed by atoms with Crippen LogP contribution in [0.4, 0.5) is 5.69 Å². The van der Waals surface area contributed by atoms with Gasteiger partial charge in [0, 0.05) is 17.8 Å². The highest BCUT2D eigenvalue weighted by Gasteiger charge is 2.19. The molecule has 1 amide bonds. The minimum absolute atomic E-state index is 0.0131. The zero-order valence-electron chi connectivity index (χ0n) is 18.2. The van der Waals surface area contributed by atoms with Gasteiger partial charge in [0.1, 0.15) is 24.0 Å². The van der Waals surface area contributed by atoms with E-state index in [1.54, 1.807) is 43.3 Å². The maximum absolute atomic E-state index is 12.5. The Hall–Kier alpha value is -2.61. The number of benzene rings is 2. The van der Waals surface area contributed by atoms with Crippen molar-refractivity contribution >= 4 is 29.2 Å². The number of aliphatic hydroxyl groups excluding tert-OH is 1. The van der Waals surface area contributed by atoms with Gasteiger partial charge < -0.3 is 25.2 Å². The number of rotatable bonds is 9. The molecule has 168 valence electrons. The Kier molecular flexibility index (Phi) is 8.86. The summed E-state index contributed by atoms with van der Waals surface area (Å²) in [5.41, 5.74) is 0.709. The molecule has 0 saturated carbocycles. The van der Waals surface area contributed by atoms with Crippen molar-refractivity contribution in [1.82, 2.24) is 5.32 Å². The Balaban J connectivity index is 2.15. The van der Waals surface area contributed by atoms with E-state index in [4.69, 9.17) is 21.1 Å². The van der Waals surface area contributed by atoms with Crippen molar-refractivity contribution in [2.24, 2.45) is 0 Å². The average Bonchev–Trinajstić information content (AvgIpc) is 2.71. The van der Waals surface area contributed by atoms with E-state index in [0.717, 1.165) is 0 Å². The standard InChI is InChI=1S/C23H29ClN2O5/c1-5-30-22(29)18-12-15(26-21(28)17-8-6-7-9-19(17)24)10-11-20(18)31-14-16(27)13-25-23(2,3)4/h6-12,16,25,27H,5,13-14H2,1-4H3,(H,26,28). The molecule has 0 bridgehead atoms. The van der Waals surface area contributed by atoms with E-state index < -0.39 is 18.0 Å². The molecule has 0 aliphatic heterocycles. The highest BCUT2D eigenvalue weighted by Crippen LogP contribution is 2.25. The van der Waals surface area contributed by atoms with Gasteiger partial charge >= 0.3 is 5.97 Å². The van der Waals surface area contributed by atoms with Gasteiger partial charge in [0.15, 0.2) is 0 Å². The second-order valence-corrected chi connectivity index (χ2v) is 8.37. The molecule has 2 rings (SSSR count). The molecule has 1 atom stereocenters. The number of esters is 1. The van der Waals surface area contributed by atoms with Crippen molar-refractivity contribution in [3.05, 3.63) is 58.6 Å². The van der Waals surface area contributed by atoms with Crippen molar-refractivity contribution in [3.8, 4) is 5.75 Å². The highest BCUT2D eigenvalue weighted by atomic mass is 35.5. The molecule has 0 fully saturated rings. The molecular formula is C23H29ClN2O5. The predicted molar refractivity (Wildman–Crippen MR) is 121 cm³/mol. The van der Waals surface area contributed by atoms with Crippen LogP contribution in [0.1, 0.15) is 48.4 Å². The summed E-state index contributed by atoms with van der Waals surface area (Å²) in [6, 6.07) is 11.3. The summed E-state index contributed by atoms with van der Waals surface area (Å²) in [4.78, 5) is 24.9. The van der Waals surface area contributed by atoms with Crippen LogP contribution in [-0.2, 0) is 4.74 Å². The smallest absolute Gasteiger partial charge is 0.341 e. The summed E-state index contributed by atoms with van der Waals surface area (Å²) in [6.07, 6.45) is -0.770. The lowest BCUT2D eigenvalue weighted by atomic mass is 10.1. The van der Waals surface area contributed by atoms with Crippen molar-refractivity contribution in [2.45, 2.75) is 39.3 Å². The molecule has 0 saturated heterocycles. The molecule has 0 aliphatic rings. The summed E-state index contributed by atoms with van der Waals surface area (Å²) in [6.45, 7) is 8.19. The predicted octanol–water partition coefficient (Wildman–Crippen LogP) is 3.90. The van der Waals surface area contributed by atoms with Gasteiger partial charge in [-0.1, -0.05) is 23.7 Å². The highest BCUT2D eigenvalue weighted by molar-refractivity contribution is 6.34. The van der Waals surface area contributed by atoms with Crippen LogP contribution in [0.3, 0.4) is 0 Å². The number of ether oxygens (including phenoxy) is 2. The number of β-amino-alcohol motifs (C(OH)–C–C–N with tert-alkyl or cyclic N) is 1. The third kappa shape index (κ3) is 7.86. The minimum atomic E-state index is -0.770. The van der Waals surface area contributed by atoms with Crippen molar-refractivity contribution < 1.29 is 24.2 Å². The van der Waals surface area contributed by atoms with Gasteiger partial charge in [0.05, 0.1) is 17.2 Å². The molecule has 8 heteroatoms. The molecule has 1 unspecified atom stereocenters. The lowest BCUT2D eigenvalue weighted by Gasteiger charge is -2.23. The molecule has 0 aromatic heterocycles. The number of hydrogen-bond donors (Lipinski definition) is 3. The number of amides is 1. The Morgan fingerprint density at radius 2 is 1.84 bits per heavy atom. The van der Waals surface area contributed by atoms with E-state index in [-0.39, 0.29) is 30.1 Å². The average molecular weight is 449 g/mol. The molecule has 31 heavy (non-hydrogen) atoms. The largest absolute Gasteiger partial charge is 0.490 e. The number of nitrogens with one attached hydrogen (secondary N) is 2. The van der Waals surface area contributed by atoms with Gasteiger partial charge in [-0.05, 0) is 58.0 Å². The van der Waals surface area contributed by atoms with E-state index in [0.29, 0.717) is 22.8 Å². The van der Waals surface area contributed by atoms with Gasteiger partial charge in [-0.15, -0.1) is 0 Å². The van der Waals surface area contributed by atoms with Crippen LogP contribution in [0.5, 0.6) is 5.75 Å². The number of hydrogen-bond acceptors (Lipinski definition) is 6. The summed E-state index contributed by atoms with van der Waals surface area (Å²) >= 11 is 6.07. The maximum Gasteiger partial charge on any atom is 0.341 e. The van der Waals surface area contributed by atoms with Gasteiger partial charge in [0.2, 0.25) is 0 Å². The summed E-state index contributed by atoms with van der Waals surface area (Å²) in [5.74, 6) is -0.740. The summed E-state index contributed by atoms with van der Waals surface area (Å²) in [7, 11) is 0. The third-order valence-corrected chi connectivity index (χ3v) is 4.48. The van der Waals surface area contributed by atoms with E-state index in [1.165, 1.54) is 6.07 Å². The van der Waals surface area contributed by atoms with E-state index >= 15 is 0 Å². The number of carbonyl (C=O) groups is 2. The van der Waals surface area contributed by atoms with Crippen LogP contribution in [0.15, 0.2) is 42.5 Å². The van der Waals surface area contributed by atoms with Crippen LogP contribution in [0.25, 0.3) is 0 Å². The third-order valence-electron chi connectivity index (χ3n) is 4.15. The number of halogens is 1. The quantitative estimate of drug-likeness (QED) is 0.503. The Morgan fingerprint density at radius 3 is 2.48 bits per heavy atom. The SMILES string of the molecule is CCOC(=O)c1cc(NC(=O)c2ccccc2Cl)ccc1OCC(O)CNC(C)(C)C. The first-order chi connectivity index (χ1) is 14.6. The monoisotopic (exact) mass is 448 g/mol. The van der Waals surface area contributed by atoms with Gasteiger partial charge in [0.25, 0.3) is 5.91 Å². The van der Waals surface area contributed by atoms with Crippen LogP contribution < -0.4 is 15.4 Å². The lowest BCUT2D eigenvalue weighted by molar-refractivity contribution is 0.0515. The molecule has 0 radical (unpaired) electrons. The maximum atomic E-state index is 12.5. The van der Waals surface area contributed by atoms with Gasteiger partial charge in [-0.2, -0.15) is 0 Å². The number of carbonyl (C=O) groups excluding carboxylic acids is 2. The van der Waals surface area contributed by atoms with Gasteiger partial charge in [-0.3, -0.25) is 4.79 Å².